The molecule has 0 aliphatic carbocycles. The molecule has 0 heterocycles. The molecule has 4 rings (SSSR count). The number of hydrogen-bond acceptors (Lipinski definition) is 1. The second kappa shape index (κ2) is 11.4. The molecule has 6 heteroatoms. The number of aryl methyl sites for hydroxylation is 3. The van der Waals surface area contributed by atoms with Gasteiger partial charge in [-0.3, -0.25) is 0 Å². The highest BCUT2D eigenvalue weighted by Crippen LogP contribution is 2.22. The minimum atomic E-state index is -0.961. The summed E-state index contributed by atoms with van der Waals surface area (Å²) in [5.74, 6) is 1.27. The minimum absolute atomic E-state index is 0.0967. The van der Waals surface area contributed by atoms with Gasteiger partial charge >= 0.3 is 0 Å². The van der Waals surface area contributed by atoms with Gasteiger partial charge in [-0.2, -0.15) is 0 Å². The highest BCUT2D eigenvalue weighted by Gasteiger charge is 2.12. The van der Waals surface area contributed by atoms with E-state index in [2.05, 4.69) is 11.8 Å². The quantitative estimate of drug-likeness (QED) is 0.149. The fraction of sp³-hybridized carbons (Fsp3) is 0.200. The summed E-state index contributed by atoms with van der Waals surface area (Å²) < 4.78 is 76.0. The Kier molecular flexibility index (Phi) is 8.02. The van der Waals surface area contributed by atoms with E-state index < -0.39 is 28.8 Å². The molecular formula is C30H23F5O. The predicted octanol–water partition coefficient (Wildman–Crippen LogP) is 7.30. The van der Waals surface area contributed by atoms with Gasteiger partial charge in [0.15, 0.2) is 11.6 Å². The second-order valence-electron chi connectivity index (χ2n) is 8.50. The Morgan fingerprint density at radius 3 is 2.14 bits per heavy atom. The third-order valence-electron chi connectivity index (χ3n) is 5.96. The van der Waals surface area contributed by atoms with E-state index in [9.17, 15) is 22.0 Å². The summed E-state index contributed by atoms with van der Waals surface area (Å²) in [4.78, 5) is 0. The molecular weight excluding hydrogens is 471 g/mol. The molecule has 0 amide bonds. The zero-order chi connectivity index (χ0) is 25.7. The van der Waals surface area contributed by atoms with Crippen molar-refractivity contribution in [1.29, 1.82) is 0 Å². The molecule has 184 valence electrons. The molecule has 0 aliphatic heterocycles. The van der Waals surface area contributed by atoms with E-state index in [1.807, 2.05) is 6.07 Å². The Balaban J connectivity index is 1.47. The largest absolute Gasteiger partial charge is 0.385 e. The number of benzene rings is 4. The van der Waals surface area contributed by atoms with Crippen molar-refractivity contribution < 1.29 is 26.7 Å². The van der Waals surface area contributed by atoms with Gasteiger partial charge in [0.1, 0.15) is 17.5 Å². The van der Waals surface area contributed by atoms with Crippen LogP contribution in [-0.2, 0) is 24.0 Å². The zero-order valence-electron chi connectivity index (χ0n) is 19.6. The van der Waals surface area contributed by atoms with Gasteiger partial charge in [-0.05, 0) is 84.2 Å². The molecule has 36 heavy (non-hydrogen) atoms. The van der Waals surface area contributed by atoms with Crippen molar-refractivity contribution >= 4 is 10.8 Å². The number of rotatable bonds is 7. The summed E-state index contributed by atoms with van der Waals surface area (Å²) in [7, 11) is 1.62. The lowest BCUT2D eigenvalue weighted by molar-refractivity contribution is 0.195. The number of ether oxygens (including phenoxy) is 1. The SMILES string of the molecule is COCCCc1ccc(CCc2cc(F)c(C#Cc3ccc4c(F)c(F)ccc4c3)c(F)c2)c(F)c1. The van der Waals surface area contributed by atoms with Gasteiger partial charge in [-0.1, -0.05) is 36.1 Å². The van der Waals surface area contributed by atoms with Crippen LogP contribution in [0.5, 0.6) is 0 Å². The van der Waals surface area contributed by atoms with Crippen molar-refractivity contribution in [3.63, 3.8) is 0 Å². The van der Waals surface area contributed by atoms with Crippen LogP contribution >= 0.6 is 0 Å². The first-order chi connectivity index (χ1) is 17.4. The van der Waals surface area contributed by atoms with Crippen molar-refractivity contribution in [2.45, 2.75) is 25.7 Å². The van der Waals surface area contributed by atoms with Gasteiger partial charge in [0, 0.05) is 24.7 Å². The standard InChI is InChI=1S/C30H23F5O/c1-36-14-2-3-19-4-8-22(27(32)16-19)9-5-21-17-28(33)25(29(34)18-21)12-7-20-6-11-24-23(15-20)10-13-26(31)30(24)35/h4,6,8,10-11,13,15-18H,2-3,5,9,14H2,1H3. The lowest BCUT2D eigenvalue weighted by atomic mass is 10.00. The average molecular weight is 495 g/mol. The van der Waals surface area contributed by atoms with E-state index in [-0.39, 0.29) is 17.6 Å². The third-order valence-corrected chi connectivity index (χ3v) is 5.96. The Bertz CT molecular complexity index is 1440. The molecule has 0 spiro atoms. The zero-order valence-corrected chi connectivity index (χ0v) is 19.6. The molecule has 4 aromatic carbocycles. The van der Waals surface area contributed by atoms with Crippen LogP contribution in [0.2, 0.25) is 0 Å². The van der Waals surface area contributed by atoms with E-state index in [0.29, 0.717) is 41.5 Å². The van der Waals surface area contributed by atoms with Crippen molar-refractivity contribution in [2.24, 2.45) is 0 Å². The van der Waals surface area contributed by atoms with Gasteiger partial charge in [0.2, 0.25) is 0 Å². The first kappa shape index (κ1) is 25.4. The smallest absolute Gasteiger partial charge is 0.166 e. The van der Waals surface area contributed by atoms with Crippen molar-refractivity contribution in [3.8, 4) is 11.8 Å². The maximum Gasteiger partial charge on any atom is 0.166 e. The highest BCUT2D eigenvalue weighted by molar-refractivity contribution is 5.84. The van der Waals surface area contributed by atoms with Crippen LogP contribution in [0.4, 0.5) is 22.0 Å². The van der Waals surface area contributed by atoms with Crippen LogP contribution in [0.25, 0.3) is 10.8 Å². The predicted molar refractivity (Wildman–Crippen MR) is 130 cm³/mol. The number of methoxy groups -OCH3 is 1. The van der Waals surface area contributed by atoms with Crippen molar-refractivity contribution in [2.75, 3.05) is 13.7 Å². The molecule has 0 aromatic heterocycles. The topological polar surface area (TPSA) is 9.23 Å². The molecule has 0 unspecified atom stereocenters. The maximum absolute atomic E-state index is 14.7. The molecule has 4 aromatic rings. The van der Waals surface area contributed by atoms with Crippen LogP contribution in [0.3, 0.4) is 0 Å². The fourth-order valence-electron chi connectivity index (χ4n) is 4.02. The van der Waals surface area contributed by atoms with E-state index in [4.69, 9.17) is 4.74 Å². The average Bonchev–Trinajstić information content (AvgIpc) is 2.85. The van der Waals surface area contributed by atoms with Crippen molar-refractivity contribution in [3.05, 3.63) is 118 Å². The van der Waals surface area contributed by atoms with Gasteiger partial charge in [0.25, 0.3) is 0 Å². The summed E-state index contributed by atoms with van der Waals surface area (Å²) >= 11 is 0. The first-order valence-corrected chi connectivity index (χ1v) is 11.5. The molecule has 0 aliphatic rings. The normalized spacial score (nSPS) is 10.9. The molecule has 0 bridgehead atoms. The van der Waals surface area contributed by atoms with E-state index in [1.54, 1.807) is 13.2 Å². The molecule has 0 atom stereocenters. The van der Waals surface area contributed by atoms with E-state index >= 15 is 0 Å². The lowest BCUT2D eigenvalue weighted by Crippen LogP contribution is -2.00. The summed E-state index contributed by atoms with van der Waals surface area (Å²) in [5, 5.41) is 0.520. The van der Waals surface area contributed by atoms with E-state index in [0.717, 1.165) is 18.1 Å². The fourth-order valence-corrected chi connectivity index (χ4v) is 4.02. The lowest BCUT2D eigenvalue weighted by Gasteiger charge is -2.08. The van der Waals surface area contributed by atoms with Crippen LogP contribution < -0.4 is 0 Å². The Labute approximate surface area is 206 Å². The van der Waals surface area contributed by atoms with Gasteiger partial charge in [-0.15, -0.1) is 0 Å². The number of fused-ring (bicyclic) bond motifs is 1. The first-order valence-electron chi connectivity index (χ1n) is 11.5. The maximum atomic E-state index is 14.7. The monoisotopic (exact) mass is 494 g/mol. The van der Waals surface area contributed by atoms with Crippen molar-refractivity contribution in [1.82, 2.24) is 0 Å². The molecule has 0 fully saturated rings. The van der Waals surface area contributed by atoms with Gasteiger partial charge in [0.05, 0.1) is 5.56 Å². The van der Waals surface area contributed by atoms with Crippen LogP contribution in [0.15, 0.2) is 60.7 Å². The summed E-state index contributed by atoms with van der Waals surface area (Å²) in [6.45, 7) is 0.602. The molecule has 0 saturated heterocycles. The highest BCUT2D eigenvalue weighted by atomic mass is 19.2. The van der Waals surface area contributed by atoms with Crippen LogP contribution in [-0.4, -0.2) is 13.7 Å². The van der Waals surface area contributed by atoms with Crippen LogP contribution in [0.1, 0.15) is 34.2 Å². The van der Waals surface area contributed by atoms with Crippen LogP contribution in [0, 0.1) is 40.9 Å². The summed E-state index contributed by atoms with van der Waals surface area (Å²) in [5.41, 5.74) is 1.75. The summed E-state index contributed by atoms with van der Waals surface area (Å²) in [6, 6.07) is 14.2. The Hall–Kier alpha value is -3.69. The van der Waals surface area contributed by atoms with E-state index in [1.165, 1.54) is 42.5 Å². The molecule has 0 radical (unpaired) electrons. The number of halogens is 5. The second-order valence-corrected chi connectivity index (χ2v) is 8.50. The molecule has 0 N–H and O–H groups in total. The Morgan fingerprint density at radius 2 is 1.42 bits per heavy atom. The Morgan fingerprint density at radius 1 is 0.667 bits per heavy atom. The van der Waals surface area contributed by atoms with Gasteiger partial charge in [-0.25, -0.2) is 22.0 Å². The summed E-state index contributed by atoms with van der Waals surface area (Å²) in [6.07, 6.45) is 2.05. The minimum Gasteiger partial charge on any atom is -0.385 e. The molecule has 0 saturated carbocycles. The van der Waals surface area contributed by atoms with Gasteiger partial charge < -0.3 is 4.74 Å². The third kappa shape index (κ3) is 5.92. The number of hydrogen-bond donors (Lipinski definition) is 0. The molecule has 1 nitrogen and oxygen atoms in total.